The Bertz CT molecular complexity index is 397. The van der Waals surface area contributed by atoms with Gasteiger partial charge in [0.25, 0.3) is 0 Å². The van der Waals surface area contributed by atoms with E-state index in [1.54, 1.807) is 6.08 Å². The molecule has 1 rings (SSSR count). The Hall–Kier alpha value is -0.610. The van der Waals surface area contributed by atoms with Crippen LogP contribution in [-0.4, -0.2) is 11.1 Å². The highest BCUT2D eigenvalue weighted by Gasteiger charge is 2.01. The van der Waals surface area contributed by atoms with Crippen LogP contribution in [0.1, 0.15) is 11.1 Å². The van der Waals surface area contributed by atoms with E-state index in [1.807, 2.05) is 19.1 Å². The summed E-state index contributed by atoms with van der Waals surface area (Å²) in [5, 5.41) is 8.48. The third-order valence-electron chi connectivity index (χ3n) is 1.71. The van der Waals surface area contributed by atoms with Gasteiger partial charge in [-0.05, 0) is 68.1 Å². The van der Waals surface area contributed by atoms with E-state index < -0.39 is 5.97 Å². The number of halogens is 2. The Morgan fingerprint density at radius 2 is 1.93 bits per heavy atom. The average Bonchev–Trinajstić information content (AvgIpc) is 2.09. The zero-order chi connectivity index (χ0) is 10.7. The summed E-state index contributed by atoms with van der Waals surface area (Å²) in [5.41, 5.74) is 1.92. The van der Waals surface area contributed by atoms with Crippen LogP contribution < -0.4 is 0 Å². The first kappa shape index (κ1) is 11.5. The van der Waals surface area contributed by atoms with Crippen LogP contribution >= 0.6 is 31.9 Å². The number of aryl methyl sites for hydroxylation is 1. The summed E-state index contributed by atoms with van der Waals surface area (Å²) in [6.07, 6.45) is 2.71. The zero-order valence-corrected chi connectivity index (χ0v) is 10.6. The van der Waals surface area contributed by atoms with E-state index in [0.717, 1.165) is 26.1 Å². The second-order valence-electron chi connectivity index (χ2n) is 2.79. The lowest BCUT2D eigenvalue weighted by molar-refractivity contribution is -0.131. The highest BCUT2D eigenvalue weighted by molar-refractivity contribution is 9.13. The second kappa shape index (κ2) is 4.75. The predicted octanol–water partition coefficient (Wildman–Crippen LogP) is 3.62. The Labute approximate surface area is 98.9 Å². The molecule has 0 saturated heterocycles. The molecule has 2 nitrogen and oxygen atoms in total. The largest absolute Gasteiger partial charge is 0.478 e. The van der Waals surface area contributed by atoms with Crippen LogP contribution in [0.15, 0.2) is 27.2 Å². The van der Waals surface area contributed by atoms with Gasteiger partial charge in [-0.3, -0.25) is 0 Å². The third kappa shape index (κ3) is 2.96. The summed E-state index contributed by atoms with van der Waals surface area (Å²) in [6.45, 7) is 1.93. The molecule has 74 valence electrons. The number of carboxylic acids is 1. The predicted molar refractivity (Wildman–Crippen MR) is 63.2 cm³/mol. The molecule has 0 bridgehead atoms. The van der Waals surface area contributed by atoms with E-state index >= 15 is 0 Å². The van der Waals surface area contributed by atoms with Crippen LogP contribution in [0, 0.1) is 6.92 Å². The number of benzene rings is 1. The first-order valence-electron chi connectivity index (χ1n) is 3.87. The summed E-state index contributed by atoms with van der Waals surface area (Å²) >= 11 is 6.73. The lowest BCUT2D eigenvalue weighted by Crippen LogP contribution is -1.87. The number of hydrogen-bond acceptors (Lipinski definition) is 1. The Morgan fingerprint density at radius 1 is 1.36 bits per heavy atom. The van der Waals surface area contributed by atoms with E-state index in [2.05, 4.69) is 31.9 Å². The van der Waals surface area contributed by atoms with Crippen molar-refractivity contribution in [2.24, 2.45) is 0 Å². The van der Waals surface area contributed by atoms with Crippen molar-refractivity contribution >= 4 is 43.9 Å². The van der Waals surface area contributed by atoms with E-state index in [1.165, 1.54) is 0 Å². The van der Waals surface area contributed by atoms with Crippen LogP contribution in [0.2, 0.25) is 0 Å². The number of carboxylic acid groups (broad SMARTS) is 1. The van der Waals surface area contributed by atoms with Crippen LogP contribution in [-0.2, 0) is 4.79 Å². The van der Waals surface area contributed by atoms with Crippen LogP contribution in [0.25, 0.3) is 6.08 Å². The number of aliphatic carboxylic acids is 1. The normalized spacial score (nSPS) is 10.8. The maximum atomic E-state index is 10.3. The molecular weight excluding hydrogens is 312 g/mol. The van der Waals surface area contributed by atoms with E-state index in [0.29, 0.717) is 0 Å². The van der Waals surface area contributed by atoms with Crippen LogP contribution in [0.3, 0.4) is 0 Å². The molecule has 0 amide bonds. The molecule has 0 saturated carbocycles. The second-order valence-corrected chi connectivity index (χ2v) is 4.50. The molecule has 4 heteroatoms. The standard InChI is InChI=1S/C10H8Br2O2/c1-6-4-8(11)9(12)5-7(6)2-3-10(13)14/h2-5H,1H3,(H,13,14)/b3-2+. The van der Waals surface area contributed by atoms with Crippen molar-refractivity contribution < 1.29 is 9.90 Å². The smallest absolute Gasteiger partial charge is 0.328 e. The first-order valence-corrected chi connectivity index (χ1v) is 5.46. The van der Waals surface area contributed by atoms with Gasteiger partial charge in [0.1, 0.15) is 0 Å². The molecular formula is C10H8Br2O2. The molecule has 1 N–H and O–H groups in total. The average molecular weight is 320 g/mol. The van der Waals surface area contributed by atoms with Gasteiger partial charge in [-0.15, -0.1) is 0 Å². The summed E-state index contributed by atoms with van der Waals surface area (Å²) in [7, 11) is 0. The quantitative estimate of drug-likeness (QED) is 0.845. The lowest BCUT2D eigenvalue weighted by Gasteiger charge is -2.03. The van der Waals surface area contributed by atoms with Gasteiger partial charge in [-0.2, -0.15) is 0 Å². The lowest BCUT2D eigenvalue weighted by atomic mass is 10.1. The van der Waals surface area contributed by atoms with Gasteiger partial charge >= 0.3 is 5.97 Å². The Morgan fingerprint density at radius 3 is 2.50 bits per heavy atom. The third-order valence-corrected chi connectivity index (χ3v) is 3.56. The van der Waals surface area contributed by atoms with E-state index in [9.17, 15) is 4.79 Å². The van der Waals surface area contributed by atoms with Crippen molar-refractivity contribution in [1.29, 1.82) is 0 Å². The van der Waals surface area contributed by atoms with Crippen molar-refractivity contribution in [2.45, 2.75) is 6.92 Å². The van der Waals surface area contributed by atoms with Crippen molar-refractivity contribution in [3.8, 4) is 0 Å². The van der Waals surface area contributed by atoms with Crippen LogP contribution in [0.5, 0.6) is 0 Å². The minimum absolute atomic E-state index is 0.891. The fraction of sp³-hybridized carbons (Fsp3) is 0.100. The molecule has 0 aliphatic rings. The van der Waals surface area contributed by atoms with Gasteiger partial charge in [-0.1, -0.05) is 0 Å². The molecule has 14 heavy (non-hydrogen) atoms. The van der Waals surface area contributed by atoms with Crippen molar-refractivity contribution in [1.82, 2.24) is 0 Å². The number of hydrogen-bond donors (Lipinski definition) is 1. The Balaban J connectivity index is 3.10. The number of rotatable bonds is 2. The summed E-state index contributed by atoms with van der Waals surface area (Å²) in [5.74, 6) is -0.941. The first-order chi connectivity index (χ1) is 6.50. The van der Waals surface area contributed by atoms with Crippen molar-refractivity contribution in [3.05, 3.63) is 38.3 Å². The van der Waals surface area contributed by atoms with E-state index in [-0.39, 0.29) is 0 Å². The van der Waals surface area contributed by atoms with Gasteiger partial charge in [0.2, 0.25) is 0 Å². The van der Waals surface area contributed by atoms with Gasteiger partial charge in [-0.25, -0.2) is 4.79 Å². The maximum absolute atomic E-state index is 10.3. The molecule has 0 radical (unpaired) electrons. The SMILES string of the molecule is Cc1cc(Br)c(Br)cc1/C=C/C(=O)O. The molecule has 0 spiro atoms. The molecule has 0 aliphatic carbocycles. The molecule has 0 aliphatic heterocycles. The minimum atomic E-state index is -0.941. The van der Waals surface area contributed by atoms with Gasteiger partial charge < -0.3 is 5.11 Å². The maximum Gasteiger partial charge on any atom is 0.328 e. The molecule has 1 aromatic carbocycles. The topological polar surface area (TPSA) is 37.3 Å². The molecule has 1 aromatic rings. The number of carbonyl (C=O) groups is 1. The highest BCUT2D eigenvalue weighted by atomic mass is 79.9. The summed E-state index contributed by atoms with van der Waals surface area (Å²) in [6, 6.07) is 3.81. The molecule has 0 fully saturated rings. The molecule has 0 heterocycles. The minimum Gasteiger partial charge on any atom is -0.478 e. The summed E-state index contributed by atoms with van der Waals surface area (Å²) in [4.78, 5) is 10.3. The molecule has 0 unspecified atom stereocenters. The van der Waals surface area contributed by atoms with Gasteiger partial charge in [0, 0.05) is 15.0 Å². The van der Waals surface area contributed by atoms with E-state index in [4.69, 9.17) is 5.11 Å². The zero-order valence-electron chi connectivity index (χ0n) is 7.42. The van der Waals surface area contributed by atoms with Crippen molar-refractivity contribution in [2.75, 3.05) is 0 Å². The summed E-state index contributed by atoms with van der Waals surface area (Å²) < 4.78 is 1.87. The highest BCUT2D eigenvalue weighted by Crippen LogP contribution is 2.27. The fourth-order valence-corrected chi connectivity index (χ4v) is 1.82. The van der Waals surface area contributed by atoms with Crippen molar-refractivity contribution in [3.63, 3.8) is 0 Å². The fourth-order valence-electron chi connectivity index (χ4n) is 1.00. The molecule has 0 atom stereocenters. The monoisotopic (exact) mass is 318 g/mol. The van der Waals surface area contributed by atoms with Gasteiger partial charge in [0.05, 0.1) is 0 Å². The van der Waals surface area contributed by atoms with Gasteiger partial charge in [0.15, 0.2) is 0 Å². The van der Waals surface area contributed by atoms with Crippen LogP contribution in [0.4, 0.5) is 0 Å². The Kier molecular flexibility index (Phi) is 3.89. The molecule has 0 aromatic heterocycles.